The molecule has 4 N–H and O–H groups in total. The van der Waals surface area contributed by atoms with E-state index in [0.717, 1.165) is 63.7 Å². The van der Waals surface area contributed by atoms with Crippen molar-refractivity contribution in [3.63, 3.8) is 0 Å². The molecule has 3 aliphatic rings. The highest BCUT2D eigenvalue weighted by Gasteiger charge is 2.34. The summed E-state index contributed by atoms with van der Waals surface area (Å²) in [5, 5.41) is 6.20. The van der Waals surface area contributed by atoms with Crippen molar-refractivity contribution in [1.82, 2.24) is 10.2 Å². The van der Waals surface area contributed by atoms with Gasteiger partial charge in [-0.1, -0.05) is 18.2 Å². The Kier molecular flexibility index (Phi) is 7.74. The molecule has 0 unspecified atom stereocenters. The van der Waals surface area contributed by atoms with Gasteiger partial charge in [0.15, 0.2) is 0 Å². The van der Waals surface area contributed by atoms with Crippen LogP contribution >= 0.6 is 0 Å². The number of rotatable bonds is 6. The molecule has 0 spiro atoms. The van der Waals surface area contributed by atoms with Crippen LogP contribution in [0.25, 0.3) is 0 Å². The van der Waals surface area contributed by atoms with Crippen LogP contribution in [0.1, 0.15) is 65.7 Å². The summed E-state index contributed by atoms with van der Waals surface area (Å²) >= 11 is 0. The highest BCUT2D eigenvalue weighted by molar-refractivity contribution is 6.07. The predicted octanol–water partition coefficient (Wildman–Crippen LogP) is 3.39. The molecule has 1 saturated heterocycles. The third kappa shape index (κ3) is 6.31. The van der Waals surface area contributed by atoms with Crippen LogP contribution in [0, 0.1) is 5.92 Å². The monoisotopic (exact) mass is 503 g/mol. The molecular weight excluding hydrogens is 466 g/mol. The number of hydrogen-bond acceptors (Lipinski definition) is 5. The average molecular weight is 504 g/mol. The molecule has 3 fully saturated rings. The van der Waals surface area contributed by atoms with Gasteiger partial charge in [0.25, 0.3) is 11.8 Å². The average Bonchev–Trinajstić information content (AvgIpc) is 3.78. The normalized spacial score (nSPS) is 22.2. The number of nitrogens with one attached hydrogen (secondary N) is 2. The van der Waals surface area contributed by atoms with E-state index in [4.69, 9.17) is 5.73 Å². The van der Waals surface area contributed by atoms with Gasteiger partial charge < -0.3 is 26.2 Å². The Morgan fingerprint density at radius 3 is 2.27 bits per heavy atom. The van der Waals surface area contributed by atoms with Crippen LogP contribution in [0.3, 0.4) is 0 Å². The fourth-order valence-electron chi connectivity index (χ4n) is 5.34. The molecule has 2 saturated carbocycles. The lowest BCUT2D eigenvalue weighted by Crippen LogP contribution is -2.40. The molecule has 0 radical (unpaired) electrons. The molecule has 37 heavy (non-hydrogen) atoms. The van der Waals surface area contributed by atoms with Crippen molar-refractivity contribution in [3.05, 3.63) is 59.7 Å². The van der Waals surface area contributed by atoms with E-state index in [-0.39, 0.29) is 35.7 Å². The zero-order chi connectivity index (χ0) is 25.8. The second kappa shape index (κ2) is 11.3. The number of carbonyl (C=O) groups is 3. The van der Waals surface area contributed by atoms with Gasteiger partial charge >= 0.3 is 0 Å². The molecule has 8 heteroatoms. The molecule has 2 aromatic rings. The summed E-state index contributed by atoms with van der Waals surface area (Å²) in [6.07, 6.45) is 6.46. The van der Waals surface area contributed by atoms with Crippen molar-refractivity contribution in [2.45, 2.75) is 57.0 Å². The Morgan fingerprint density at radius 1 is 0.784 bits per heavy atom. The number of anilines is 2. The number of nitrogens with zero attached hydrogens (tertiary/aromatic N) is 2. The molecule has 0 atom stereocenters. The summed E-state index contributed by atoms with van der Waals surface area (Å²) in [6.45, 7) is 2.87. The first-order valence-electron chi connectivity index (χ1n) is 13.6. The molecule has 8 nitrogen and oxygen atoms in total. The number of benzene rings is 2. The highest BCUT2D eigenvalue weighted by atomic mass is 16.2. The predicted molar refractivity (Wildman–Crippen MR) is 145 cm³/mol. The van der Waals surface area contributed by atoms with Crippen LogP contribution in [0.4, 0.5) is 11.4 Å². The van der Waals surface area contributed by atoms with Crippen molar-refractivity contribution in [1.29, 1.82) is 0 Å². The molecule has 5 rings (SSSR count). The quantitative estimate of drug-likeness (QED) is 0.560. The number of amides is 3. The standard InChI is InChI=1S/C29H37N5O3/c30-23-10-12-24(13-11-23)31-28(36)22-9-14-26(25(19-22)32-27(35)20-5-2-1-3-6-20)33-15-4-16-34(18-17-33)29(37)21-7-8-21/h1-3,5-6,9,14,19,21,23-24H,4,7-8,10-13,15-18,30H2,(H,31,36)(H,32,35). The van der Waals surface area contributed by atoms with Crippen LogP contribution < -0.4 is 21.3 Å². The van der Waals surface area contributed by atoms with Crippen LogP contribution in [-0.2, 0) is 4.79 Å². The number of carbonyl (C=O) groups excluding carboxylic acids is 3. The smallest absolute Gasteiger partial charge is 0.255 e. The van der Waals surface area contributed by atoms with Gasteiger partial charge in [-0.25, -0.2) is 0 Å². The summed E-state index contributed by atoms with van der Waals surface area (Å²) in [7, 11) is 0. The summed E-state index contributed by atoms with van der Waals surface area (Å²) in [5.74, 6) is 0.125. The fraction of sp³-hybridized carbons (Fsp3) is 0.483. The number of nitrogens with two attached hydrogens (primary N) is 1. The minimum Gasteiger partial charge on any atom is -0.368 e. The maximum atomic E-state index is 13.1. The summed E-state index contributed by atoms with van der Waals surface area (Å²) in [4.78, 5) is 43.0. The third-order valence-corrected chi connectivity index (χ3v) is 7.72. The molecule has 0 aromatic heterocycles. The summed E-state index contributed by atoms with van der Waals surface area (Å²) in [6, 6.07) is 14.9. The first kappa shape index (κ1) is 25.3. The van der Waals surface area contributed by atoms with E-state index in [1.54, 1.807) is 18.2 Å². The second-order valence-electron chi connectivity index (χ2n) is 10.6. The highest BCUT2D eigenvalue weighted by Crippen LogP contribution is 2.33. The molecule has 2 aliphatic carbocycles. The van der Waals surface area contributed by atoms with Crippen LogP contribution in [0.15, 0.2) is 48.5 Å². The Bertz CT molecular complexity index is 1130. The summed E-state index contributed by atoms with van der Waals surface area (Å²) < 4.78 is 0. The Hall–Kier alpha value is -3.39. The van der Waals surface area contributed by atoms with E-state index >= 15 is 0 Å². The first-order chi connectivity index (χ1) is 18.0. The molecule has 0 bridgehead atoms. The largest absolute Gasteiger partial charge is 0.368 e. The minimum atomic E-state index is -0.221. The molecular formula is C29H37N5O3. The minimum absolute atomic E-state index is 0.120. The van der Waals surface area contributed by atoms with Gasteiger partial charge in [0.2, 0.25) is 5.91 Å². The molecule has 2 aromatic carbocycles. The Balaban J connectivity index is 1.35. The second-order valence-corrected chi connectivity index (χ2v) is 10.6. The van der Waals surface area contributed by atoms with Gasteiger partial charge in [0.05, 0.1) is 11.4 Å². The zero-order valence-corrected chi connectivity index (χ0v) is 21.3. The molecule has 196 valence electrons. The van der Waals surface area contributed by atoms with E-state index < -0.39 is 0 Å². The van der Waals surface area contributed by atoms with Gasteiger partial charge in [-0.3, -0.25) is 14.4 Å². The van der Waals surface area contributed by atoms with Crippen molar-refractivity contribution in [2.75, 3.05) is 36.4 Å². The maximum Gasteiger partial charge on any atom is 0.255 e. The molecule has 1 aliphatic heterocycles. The zero-order valence-electron chi connectivity index (χ0n) is 21.3. The van der Waals surface area contributed by atoms with Gasteiger partial charge in [-0.2, -0.15) is 0 Å². The molecule has 1 heterocycles. The van der Waals surface area contributed by atoms with E-state index in [0.29, 0.717) is 29.9 Å². The van der Waals surface area contributed by atoms with E-state index in [1.165, 1.54) is 0 Å². The van der Waals surface area contributed by atoms with Crippen LogP contribution in [0.2, 0.25) is 0 Å². The fourth-order valence-corrected chi connectivity index (χ4v) is 5.34. The van der Waals surface area contributed by atoms with Gasteiger partial charge in [0, 0.05) is 55.3 Å². The van der Waals surface area contributed by atoms with E-state index in [1.807, 2.05) is 35.2 Å². The van der Waals surface area contributed by atoms with Gasteiger partial charge in [-0.15, -0.1) is 0 Å². The maximum absolute atomic E-state index is 13.1. The third-order valence-electron chi connectivity index (χ3n) is 7.72. The topological polar surface area (TPSA) is 108 Å². The van der Waals surface area contributed by atoms with E-state index in [2.05, 4.69) is 15.5 Å². The van der Waals surface area contributed by atoms with Gasteiger partial charge in [0.1, 0.15) is 0 Å². The lowest BCUT2D eigenvalue weighted by Gasteiger charge is -2.28. The first-order valence-corrected chi connectivity index (χ1v) is 13.6. The lowest BCUT2D eigenvalue weighted by molar-refractivity contribution is -0.132. The van der Waals surface area contributed by atoms with Gasteiger partial charge in [-0.05, 0) is 75.3 Å². The van der Waals surface area contributed by atoms with Crippen LogP contribution in [-0.4, -0.2) is 60.9 Å². The summed E-state index contributed by atoms with van der Waals surface area (Å²) in [5.41, 5.74) is 8.56. The number of hydrogen-bond donors (Lipinski definition) is 3. The van der Waals surface area contributed by atoms with Crippen molar-refractivity contribution in [2.24, 2.45) is 11.7 Å². The van der Waals surface area contributed by atoms with E-state index in [9.17, 15) is 14.4 Å². The van der Waals surface area contributed by atoms with Crippen LogP contribution in [0.5, 0.6) is 0 Å². The SMILES string of the molecule is NC1CCC(NC(=O)c2ccc(N3CCCN(C(=O)C4CC4)CC3)c(NC(=O)c3ccccc3)c2)CC1. The molecule has 3 amide bonds. The van der Waals surface area contributed by atoms with Crippen molar-refractivity contribution in [3.8, 4) is 0 Å². The van der Waals surface area contributed by atoms with Crippen molar-refractivity contribution >= 4 is 29.1 Å². The lowest BCUT2D eigenvalue weighted by atomic mass is 9.91. The Morgan fingerprint density at radius 2 is 1.54 bits per heavy atom. The Labute approximate surface area is 218 Å². The van der Waals surface area contributed by atoms with Crippen molar-refractivity contribution < 1.29 is 14.4 Å².